The molecule has 0 bridgehead atoms. The second-order valence-corrected chi connectivity index (χ2v) is 2.25. The summed E-state index contributed by atoms with van der Waals surface area (Å²) in [5.41, 5.74) is 0.238. The fourth-order valence-electron chi connectivity index (χ4n) is 0.817. The Hall–Kier alpha value is -1.89. The van der Waals surface area contributed by atoms with Crippen molar-refractivity contribution in [3.8, 4) is 11.8 Å². The average molecular weight is 179 g/mol. The normalized spacial score (nSPS) is 8.92. The van der Waals surface area contributed by atoms with Crippen LogP contribution < -0.4 is 4.74 Å². The number of benzene rings is 1. The van der Waals surface area contributed by atoms with Gasteiger partial charge in [0, 0.05) is 5.56 Å². The molecule has 0 radical (unpaired) electrons. The molecule has 3 nitrogen and oxygen atoms in total. The van der Waals surface area contributed by atoms with Gasteiger partial charge in [0.1, 0.15) is 12.4 Å². The molecular weight excluding hydrogens is 173 g/mol. The number of aldehydes is 1. The van der Waals surface area contributed by atoms with Gasteiger partial charge in [0.15, 0.2) is 18.2 Å². The lowest BCUT2D eigenvalue weighted by Gasteiger charge is -2.02. The first-order valence-electron chi connectivity index (χ1n) is 3.52. The van der Waals surface area contributed by atoms with E-state index in [0.717, 1.165) is 6.07 Å². The summed E-state index contributed by atoms with van der Waals surface area (Å²) in [5, 5.41) is 8.17. The van der Waals surface area contributed by atoms with E-state index >= 15 is 0 Å². The predicted molar refractivity (Wildman–Crippen MR) is 42.9 cm³/mol. The molecule has 0 amide bonds. The lowest BCUT2D eigenvalue weighted by atomic mass is 10.2. The zero-order chi connectivity index (χ0) is 9.68. The summed E-state index contributed by atoms with van der Waals surface area (Å²) in [6, 6.07) is 5.50. The maximum absolute atomic E-state index is 13.0. The van der Waals surface area contributed by atoms with Crippen LogP contribution in [-0.2, 0) is 0 Å². The van der Waals surface area contributed by atoms with E-state index in [-0.39, 0.29) is 17.9 Å². The minimum Gasteiger partial charge on any atom is -0.476 e. The fourth-order valence-corrected chi connectivity index (χ4v) is 0.817. The Bertz CT molecular complexity index is 357. The van der Waals surface area contributed by atoms with Gasteiger partial charge >= 0.3 is 0 Å². The maximum atomic E-state index is 13.0. The van der Waals surface area contributed by atoms with Crippen LogP contribution in [0.1, 0.15) is 10.4 Å². The lowest BCUT2D eigenvalue weighted by Crippen LogP contribution is -1.96. The summed E-state index contributed by atoms with van der Waals surface area (Å²) >= 11 is 0. The molecule has 1 rings (SSSR count). The molecule has 0 unspecified atom stereocenters. The summed E-state index contributed by atoms with van der Waals surface area (Å²) in [7, 11) is 0. The lowest BCUT2D eigenvalue weighted by molar-refractivity contribution is 0.112. The molecule has 4 heteroatoms. The van der Waals surface area contributed by atoms with Gasteiger partial charge in [-0.25, -0.2) is 4.39 Å². The highest BCUT2D eigenvalue weighted by Crippen LogP contribution is 2.17. The summed E-state index contributed by atoms with van der Waals surface area (Å²) in [6.45, 7) is -0.211. The third-order valence-electron chi connectivity index (χ3n) is 1.38. The number of rotatable bonds is 3. The van der Waals surface area contributed by atoms with Crippen molar-refractivity contribution in [1.82, 2.24) is 0 Å². The van der Waals surface area contributed by atoms with Gasteiger partial charge in [-0.2, -0.15) is 5.26 Å². The van der Waals surface area contributed by atoms with Crippen LogP contribution in [0.4, 0.5) is 4.39 Å². The van der Waals surface area contributed by atoms with Crippen LogP contribution in [0.2, 0.25) is 0 Å². The van der Waals surface area contributed by atoms with Gasteiger partial charge < -0.3 is 4.74 Å². The van der Waals surface area contributed by atoms with Crippen molar-refractivity contribution in [3.05, 3.63) is 29.6 Å². The van der Waals surface area contributed by atoms with E-state index in [4.69, 9.17) is 10.00 Å². The van der Waals surface area contributed by atoms with Gasteiger partial charge in [0.25, 0.3) is 0 Å². The topological polar surface area (TPSA) is 50.1 Å². The van der Waals surface area contributed by atoms with Crippen LogP contribution in [0.3, 0.4) is 0 Å². The zero-order valence-electron chi connectivity index (χ0n) is 6.66. The largest absolute Gasteiger partial charge is 0.476 e. The number of halogens is 1. The summed E-state index contributed by atoms with van der Waals surface area (Å²) < 4.78 is 17.7. The molecule has 0 aliphatic rings. The smallest absolute Gasteiger partial charge is 0.174 e. The van der Waals surface area contributed by atoms with E-state index in [2.05, 4.69) is 0 Å². The SMILES string of the molecule is N#CCOc1ccc(C=O)cc1F. The quantitative estimate of drug-likeness (QED) is 0.661. The van der Waals surface area contributed by atoms with Crippen molar-refractivity contribution >= 4 is 6.29 Å². The van der Waals surface area contributed by atoms with Gasteiger partial charge in [-0.15, -0.1) is 0 Å². The highest BCUT2D eigenvalue weighted by molar-refractivity contribution is 5.74. The number of hydrogen-bond acceptors (Lipinski definition) is 3. The number of hydrogen-bond donors (Lipinski definition) is 0. The molecule has 0 aliphatic carbocycles. The molecule has 0 aliphatic heterocycles. The van der Waals surface area contributed by atoms with Crippen LogP contribution in [0, 0.1) is 17.1 Å². The Morgan fingerprint density at radius 2 is 2.38 bits per heavy atom. The predicted octanol–water partition coefficient (Wildman–Crippen LogP) is 1.54. The van der Waals surface area contributed by atoms with Crippen molar-refractivity contribution in [2.75, 3.05) is 6.61 Å². The minimum absolute atomic E-state index is 0.0212. The molecule has 13 heavy (non-hydrogen) atoms. The highest BCUT2D eigenvalue weighted by Gasteiger charge is 2.03. The van der Waals surface area contributed by atoms with Crippen molar-refractivity contribution in [3.63, 3.8) is 0 Å². The molecule has 0 saturated heterocycles. The number of nitriles is 1. The molecule has 1 aromatic carbocycles. The molecule has 0 N–H and O–H groups in total. The van der Waals surface area contributed by atoms with E-state index < -0.39 is 5.82 Å². The Kier molecular flexibility index (Phi) is 2.98. The van der Waals surface area contributed by atoms with E-state index in [0.29, 0.717) is 6.29 Å². The maximum Gasteiger partial charge on any atom is 0.174 e. The van der Waals surface area contributed by atoms with E-state index in [1.54, 1.807) is 6.07 Å². The summed E-state index contributed by atoms with van der Waals surface area (Å²) in [5.74, 6) is -0.660. The van der Waals surface area contributed by atoms with E-state index in [1.807, 2.05) is 0 Å². The first-order valence-corrected chi connectivity index (χ1v) is 3.52. The number of nitrogens with zero attached hydrogens (tertiary/aromatic N) is 1. The molecule has 66 valence electrons. The molecule has 0 spiro atoms. The van der Waals surface area contributed by atoms with Crippen LogP contribution in [0.25, 0.3) is 0 Å². The molecule has 0 fully saturated rings. The second kappa shape index (κ2) is 4.21. The van der Waals surface area contributed by atoms with Gasteiger partial charge in [0.05, 0.1) is 0 Å². The molecule has 0 atom stereocenters. The van der Waals surface area contributed by atoms with Crippen LogP contribution in [0.15, 0.2) is 18.2 Å². The molecular formula is C9H6FNO2. The molecule has 0 aromatic heterocycles. The Morgan fingerprint density at radius 1 is 1.62 bits per heavy atom. The monoisotopic (exact) mass is 179 g/mol. The third kappa shape index (κ3) is 2.27. The van der Waals surface area contributed by atoms with E-state index in [1.165, 1.54) is 12.1 Å². The minimum atomic E-state index is -0.639. The van der Waals surface area contributed by atoms with Crippen molar-refractivity contribution in [1.29, 1.82) is 5.26 Å². The van der Waals surface area contributed by atoms with E-state index in [9.17, 15) is 9.18 Å². The second-order valence-electron chi connectivity index (χ2n) is 2.25. The highest BCUT2D eigenvalue weighted by atomic mass is 19.1. The van der Waals surface area contributed by atoms with Gasteiger partial charge in [-0.1, -0.05) is 0 Å². The Labute approximate surface area is 74.4 Å². The van der Waals surface area contributed by atoms with Crippen molar-refractivity contribution in [2.24, 2.45) is 0 Å². The summed E-state index contributed by atoms with van der Waals surface area (Å²) in [4.78, 5) is 10.2. The fraction of sp³-hybridized carbons (Fsp3) is 0.111. The van der Waals surface area contributed by atoms with Gasteiger partial charge in [-0.05, 0) is 18.2 Å². The Morgan fingerprint density at radius 3 is 2.92 bits per heavy atom. The van der Waals surface area contributed by atoms with Crippen LogP contribution >= 0.6 is 0 Å². The summed E-state index contributed by atoms with van der Waals surface area (Å²) in [6.07, 6.45) is 0.539. The van der Waals surface area contributed by atoms with Crippen LogP contribution in [-0.4, -0.2) is 12.9 Å². The third-order valence-corrected chi connectivity index (χ3v) is 1.38. The van der Waals surface area contributed by atoms with Gasteiger partial charge in [-0.3, -0.25) is 4.79 Å². The molecule has 1 aromatic rings. The number of carbonyl (C=O) groups is 1. The first-order chi connectivity index (χ1) is 6.27. The molecule has 0 heterocycles. The zero-order valence-corrected chi connectivity index (χ0v) is 6.66. The average Bonchev–Trinajstić information content (AvgIpc) is 2.16. The number of carbonyl (C=O) groups excluding carboxylic acids is 1. The Balaban J connectivity index is 2.86. The standard InChI is InChI=1S/C9H6FNO2/c10-8-5-7(6-12)1-2-9(8)13-4-3-11/h1-2,5-6H,4H2. The van der Waals surface area contributed by atoms with Crippen LogP contribution in [0.5, 0.6) is 5.75 Å². The number of ether oxygens (including phenoxy) is 1. The van der Waals surface area contributed by atoms with Gasteiger partial charge in [0.2, 0.25) is 0 Å². The first kappa shape index (κ1) is 9.20. The van der Waals surface area contributed by atoms with Crippen molar-refractivity contribution < 1.29 is 13.9 Å². The molecule has 0 saturated carbocycles. The van der Waals surface area contributed by atoms with Crippen molar-refractivity contribution in [2.45, 2.75) is 0 Å².